The third kappa shape index (κ3) is 3.00. The van der Waals surface area contributed by atoms with Gasteiger partial charge in [0.15, 0.2) is 5.65 Å². The van der Waals surface area contributed by atoms with Crippen molar-refractivity contribution in [2.45, 2.75) is 12.7 Å². The van der Waals surface area contributed by atoms with E-state index in [2.05, 4.69) is 15.3 Å². The number of nitrogens with zero attached hydrogens (tertiary/aromatic N) is 3. The molecule has 0 saturated carbocycles. The number of amides is 1. The van der Waals surface area contributed by atoms with Gasteiger partial charge in [0.2, 0.25) is 0 Å². The second kappa shape index (κ2) is 6.52. The number of carbonyl (C=O) groups is 1. The highest BCUT2D eigenvalue weighted by atomic mass is 19.4. The first-order valence-corrected chi connectivity index (χ1v) is 8.31. The molecule has 3 heterocycles. The van der Waals surface area contributed by atoms with E-state index >= 15 is 0 Å². The molecule has 4 rings (SSSR count). The molecule has 1 amide bonds. The van der Waals surface area contributed by atoms with Crippen LogP contribution in [0.5, 0.6) is 0 Å². The molecule has 9 heteroatoms. The van der Waals surface area contributed by atoms with Gasteiger partial charge in [0, 0.05) is 6.20 Å². The SMILES string of the molecule is NC(=O)c1c(C(F)(F)F)cc(NCc2ccccn2)n2c1nc1ccccc12. The lowest BCUT2D eigenvalue weighted by Crippen LogP contribution is -2.21. The summed E-state index contributed by atoms with van der Waals surface area (Å²) in [7, 11) is 0. The Bertz CT molecular complexity index is 1190. The summed E-state index contributed by atoms with van der Waals surface area (Å²) in [6.45, 7) is 0.190. The summed E-state index contributed by atoms with van der Waals surface area (Å²) in [6, 6.07) is 13.0. The van der Waals surface area contributed by atoms with E-state index in [1.165, 1.54) is 4.40 Å². The Labute approximate surface area is 156 Å². The maximum absolute atomic E-state index is 13.7. The molecule has 142 valence electrons. The molecule has 0 bridgehead atoms. The molecule has 4 aromatic rings. The largest absolute Gasteiger partial charge is 0.417 e. The number of primary amides is 1. The van der Waals surface area contributed by atoms with Crippen molar-refractivity contribution in [3.63, 3.8) is 0 Å². The third-order valence-electron chi connectivity index (χ3n) is 4.30. The summed E-state index contributed by atoms with van der Waals surface area (Å²) in [6.07, 6.45) is -3.18. The standard InChI is InChI=1S/C19H14F3N5O/c20-19(21,22)12-9-15(25-10-11-5-3-4-8-24-11)27-14-7-2-1-6-13(14)26-18(27)16(12)17(23)28/h1-9,25H,10H2,(H2,23,28). The number of nitrogens with two attached hydrogens (primary N) is 1. The van der Waals surface area contributed by atoms with Gasteiger partial charge in [-0.05, 0) is 30.3 Å². The van der Waals surface area contributed by atoms with Gasteiger partial charge in [-0.1, -0.05) is 18.2 Å². The molecule has 0 saturated heterocycles. The number of hydrogen-bond donors (Lipinski definition) is 2. The number of hydrogen-bond acceptors (Lipinski definition) is 4. The lowest BCUT2D eigenvalue weighted by molar-refractivity contribution is -0.137. The summed E-state index contributed by atoms with van der Waals surface area (Å²) in [5.41, 5.74) is 5.00. The number of carbonyl (C=O) groups excluding carboxylic acids is 1. The zero-order chi connectivity index (χ0) is 19.9. The fourth-order valence-corrected chi connectivity index (χ4v) is 3.11. The van der Waals surface area contributed by atoms with Crippen LogP contribution in [0.3, 0.4) is 0 Å². The van der Waals surface area contributed by atoms with Crippen LogP contribution in [0.25, 0.3) is 16.7 Å². The molecule has 0 atom stereocenters. The molecule has 0 fully saturated rings. The van der Waals surface area contributed by atoms with Crippen LogP contribution in [-0.4, -0.2) is 20.3 Å². The molecule has 0 aliphatic heterocycles. The van der Waals surface area contributed by atoms with Gasteiger partial charge in [-0.3, -0.25) is 14.2 Å². The molecule has 3 aromatic heterocycles. The molecule has 6 nitrogen and oxygen atoms in total. The summed E-state index contributed by atoms with van der Waals surface area (Å²) in [4.78, 5) is 20.3. The fourth-order valence-electron chi connectivity index (χ4n) is 3.11. The number of alkyl halides is 3. The predicted molar refractivity (Wildman–Crippen MR) is 97.8 cm³/mol. The highest BCUT2D eigenvalue weighted by Crippen LogP contribution is 2.37. The van der Waals surface area contributed by atoms with E-state index in [0.717, 1.165) is 6.07 Å². The van der Waals surface area contributed by atoms with Gasteiger partial charge in [0.25, 0.3) is 5.91 Å². The lowest BCUT2D eigenvalue weighted by atomic mass is 10.1. The van der Waals surface area contributed by atoms with E-state index < -0.39 is 23.2 Å². The zero-order valence-electron chi connectivity index (χ0n) is 14.4. The number of imidazole rings is 1. The van der Waals surface area contributed by atoms with Crippen molar-refractivity contribution in [1.82, 2.24) is 14.4 Å². The van der Waals surface area contributed by atoms with E-state index in [-0.39, 0.29) is 18.0 Å². The monoisotopic (exact) mass is 385 g/mol. The van der Waals surface area contributed by atoms with Crippen molar-refractivity contribution in [1.29, 1.82) is 0 Å². The molecule has 0 spiro atoms. The maximum Gasteiger partial charge on any atom is 0.417 e. The van der Waals surface area contributed by atoms with Crippen molar-refractivity contribution in [2.75, 3.05) is 5.32 Å². The van der Waals surface area contributed by atoms with E-state index in [1.807, 2.05) is 0 Å². The molecule has 0 aliphatic carbocycles. The van der Waals surface area contributed by atoms with Crippen LogP contribution in [-0.2, 0) is 12.7 Å². The zero-order valence-corrected chi connectivity index (χ0v) is 14.4. The number of aromatic nitrogens is 3. The van der Waals surface area contributed by atoms with Crippen molar-refractivity contribution in [2.24, 2.45) is 5.73 Å². The smallest absolute Gasteiger partial charge is 0.365 e. The van der Waals surface area contributed by atoms with Crippen LogP contribution < -0.4 is 11.1 Å². The second-order valence-electron chi connectivity index (χ2n) is 6.11. The van der Waals surface area contributed by atoms with E-state index in [4.69, 9.17) is 5.73 Å². The summed E-state index contributed by atoms with van der Waals surface area (Å²) >= 11 is 0. The number of benzene rings is 1. The highest BCUT2D eigenvalue weighted by molar-refractivity contribution is 6.03. The van der Waals surface area contributed by atoms with Gasteiger partial charge < -0.3 is 11.1 Å². The van der Waals surface area contributed by atoms with Crippen LogP contribution in [0, 0.1) is 0 Å². The third-order valence-corrected chi connectivity index (χ3v) is 4.30. The van der Waals surface area contributed by atoms with Crippen LogP contribution in [0.4, 0.5) is 19.0 Å². The predicted octanol–water partition coefficient (Wildman–Crippen LogP) is 3.61. The number of anilines is 1. The van der Waals surface area contributed by atoms with E-state index in [9.17, 15) is 18.0 Å². The average molecular weight is 385 g/mol. The van der Waals surface area contributed by atoms with Crippen LogP contribution in [0.15, 0.2) is 54.7 Å². The van der Waals surface area contributed by atoms with Crippen molar-refractivity contribution < 1.29 is 18.0 Å². The number of fused-ring (bicyclic) bond motifs is 3. The van der Waals surface area contributed by atoms with Gasteiger partial charge in [-0.2, -0.15) is 13.2 Å². The van der Waals surface area contributed by atoms with Crippen LogP contribution >= 0.6 is 0 Å². The minimum Gasteiger partial charge on any atom is -0.365 e. The first-order chi connectivity index (χ1) is 13.4. The normalized spacial score (nSPS) is 11.8. The number of halogens is 3. The molecular formula is C19H14F3N5O. The number of para-hydroxylation sites is 2. The van der Waals surface area contributed by atoms with Crippen LogP contribution in [0.1, 0.15) is 21.6 Å². The van der Waals surface area contributed by atoms with Crippen molar-refractivity contribution in [3.8, 4) is 0 Å². The van der Waals surface area contributed by atoms with E-state index in [0.29, 0.717) is 16.7 Å². The van der Waals surface area contributed by atoms with Gasteiger partial charge in [-0.25, -0.2) is 4.98 Å². The fraction of sp³-hybridized carbons (Fsp3) is 0.105. The number of rotatable bonds is 4. The number of pyridine rings is 2. The Hall–Kier alpha value is -3.62. The Kier molecular flexibility index (Phi) is 4.14. The molecule has 0 unspecified atom stereocenters. The van der Waals surface area contributed by atoms with Crippen molar-refractivity contribution >= 4 is 28.4 Å². The van der Waals surface area contributed by atoms with Gasteiger partial charge in [-0.15, -0.1) is 0 Å². The Balaban J connectivity index is 1.99. The van der Waals surface area contributed by atoms with Gasteiger partial charge in [0.1, 0.15) is 5.82 Å². The van der Waals surface area contributed by atoms with Crippen molar-refractivity contribution in [3.05, 3.63) is 71.5 Å². The second-order valence-corrected chi connectivity index (χ2v) is 6.11. The van der Waals surface area contributed by atoms with Gasteiger partial charge >= 0.3 is 6.18 Å². The lowest BCUT2D eigenvalue weighted by Gasteiger charge is -2.16. The van der Waals surface area contributed by atoms with Crippen LogP contribution in [0.2, 0.25) is 0 Å². The first kappa shape index (κ1) is 17.8. The molecule has 3 N–H and O–H groups in total. The van der Waals surface area contributed by atoms with Gasteiger partial charge in [0.05, 0.1) is 34.4 Å². The Morgan fingerprint density at radius 3 is 2.57 bits per heavy atom. The summed E-state index contributed by atoms with van der Waals surface area (Å²) < 4.78 is 42.4. The molecule has 1 aromatic carbocycles. The topological polar surface area (TPSA) is 85.3 Å². The molecule has 28 heavy (non-hydrogen) atoms. The Morgan fingerprint density at radius 1 is 1.14 bits per heavy atom. The first-order valence-electron chi connectivity index (χ1n) is 8.31. The molecular weight excluding hydrogens is 371 g/mol. The summed E-state index contributed by atoms with van der Waals surface area (Å²) in [5, 5.41) is 2.97. The highest BCUT2D eigenvalue weighted by Gasteiger charge is 2.37. The molecule has 0 radical (unpaired) electrons. The Morgan fingerprint density at radius 2 is 1.89 bits per heavy atom. The average Bonchev–Trinajstić information content (AvgIpc) is 3.05. The number of nitrogens with one attached hydrogen (secondary N) is 1. The van der Waals surface area contributed by atoms with E-state index in [1.54, 1.807) is 48.7 Å². The summed E-state index contributed by atoms with van der Waals surface area (Å²) in [5.74, 6) is -1.06. The molecule has 0 aliphatic rings. The minimum atomic E-state index is -4.77. The quantitative estimate of drug-likeness (QED) is 0.562. The maximum atomic E-state index is 13.7. The minimum absolute atomic E-state index is 0.131.